The molecule has 0 spiro atoms. The van der Waals surface area contributed by atoms with Gasteiger partial charge in [0.2, 0.25) is 0 Å². The van der Waals surface area contributed by atoms with E-state index in [1.54, 1.807) is 0 Å². The Morgan fingerprint density at radius 1 is 1.25 bits per heavy atom. The minimum Gasteiger partial charge on any atom is -0.0607 e. The SMILES string of the molecule is [C]#Cc1cccc(C(C)(C)C)c1. The largest absolute Gasteiger partial charge is 0.0607 e. The summed E-state index contributed by atoms with van der Waals surface area (Å²) in [6, 6.07) is 7.95. The van der Waals surface area contributed by atoms with Gasteiger partial charge in [-0.15, -0.1) is 0 Å². The van der Waals surface area contributed by atoms with Gasteiger partial charge in [0, 0.05) is 5.56 Å². The van der Waals surface area contributed by atoms with Crippen molar-refractivity contribution in [3.05, 3.63) is 41.8 Å². The lowest BCUT2D eigenvalue weighted by atomic mass is 9.86. The van der Waals surface area contributed by atoms with E-state index in [1.807, 2.05) is 18.2 Å². The molecule has 0 saturated carbocycles. The second kappa shape index (κ2) is 3.03. The standard InChI is InChI=1S/C12H13/c1-5-10-7-6-8-11(9-10)12(2,3)4/h6-9H,2-4H3. The predicted molar refractivity (Wildman–Crippen MR) is 51.4 cm³/mol. The summed E-state index contributed by atoms with van der Waals surface area (Å²) in [7, 11) is 0. The quantitative estimate of drug-likeness (QED) is 0.508. The smallest absolute Gasteiger partial charge is 0.0258 e. The summed E-state index contributed by atoms with van der Waals surface area (Å²) < 4.78 is 0. The molecule has 1 aromatic carbocycles. The molecular weight excluding hydrogens is 144 g/mol. The van der Waals surface area contributed by atoms with E-state index in [-0.39, 0.29) is 5.41 Å². The van der Waals surface area contributed by atoms with Gasteiger partial charge in [0.25, 0.3) is 0 Å². The first-order valence-electron chi connectivity index (χ1n) is 4.07. The van der Waals surface area contributed by atoms with Crippen molar-refractivity contribution in [1.82, 2.24) is 0 Å². The van der Waals surface area contributed by atoms with E-state index in [9.17, 15) is 0 Å². The summed E-state index contributed by atoms with van der Waals surface area (Å²) in [5, 5.41) is 0. The van der Waals surface area contributed by atoms with Gasteiger partial charge >= 0.3 is 0 Å². The Bertz CT molecular complexity index is 308. The molecule has 0 amide bonds. The molecule has 0 aliphatic rings. The van der Waals surface area contributed by atoms with Crippen LogP contribution in [0.5, 0.6) is 0 Å². The second-order valence-corrected chi connectivity index (χ2v) is 3.96. The molecule has 1 rings (SSSR count). The predicted octanol–water partition coefficient (Wildman–Crippen LogP) is 2.92. The molecule has 0 saturated heterocycles. The highest BCUT2D eigenvalue weighted by molar-refractivity contribution is 5.36. The maximum Gasteiger partial charge on any atom is 0.0258 e. The van der Waals surface area contributed by atoms with Gasteiger partial charge in [0.1, 0.15) is 0 Å². The second-order valence-electron chi connectivity index (χ2n) is 3.96. The van der Waals surface area contributed by atoms with E-state index < -0.39 is 0 Å². The summed E-state index contributed by atoms with van der Waals surface area (Å²) in [6.45, 7) is 6.49. The van der Waals surface area contributed by atoms with Gasteiger partial charge in [-0.1, -0.05) is 38.8 Å². The van der Waals surface area contributed by atoms with Gasteiger partial charge in [-0.3, -0.25) is 0 Å². The molecule has 1 aromatic rings. The maximum atomic E-state index is 6.99. The van der Waals surface area contributed by atoms with Crippen molar-refractivity contribution >= 4 is 0 Å². The molecule has 0 unspecified atom stereocenters. The van der Waals surface area contributed by atoms with Crippen molar-refractivity contribution in [3.8, 4) is 5.92 Å². The molecule has 1 radical (unpaired) electrons. The fourth-order valence-corrected chi connectivity index (χ4v) is 1.06. The van der Waals surface area contributed by atoms with Gasteiger partial charge in [-0.25, -0.2) is 0 Å². The van der Waals surface area contributed by atoms with E-state index in [0.29, 0.717) is 0 Å². The third kappa shape index (κ3) is 1.89. The van der Waals surface area contributed by atoms with Crippen LogP contribution in [-0.4, -0.2) is 0 Å². The summed E-state index contributed by atoms with van der Waals surface area (Å²) >= 11 is 0. The minimum absolute atomic E-state index is 0.160. The van der Waals surface area contributed by atoms with Gasteiger partial charge in [-0.05, 0) is 29.5 Å². The lowest BCUT2D eigenvalue weighted by Gasteiger charge is -2.18. The Hall–Kier alpha value is -1.22. The van der Waals surface area contributed by atoms with E-state index in [2.05, 4.69) is 32.8 Å². The van der Waals surface area contributed by atoms with E-state index in [0.717, 1.165) is 5.56 Å². The highest BCUT2D eigenvalue weighted by atomic mass is 14.2. The molecule has 0 N–H and O–H groups in total. The molecule has 0 aliphatic heterocycles. The van der Waals surface area contributed by atoms with Crippen LogP contribution in [0.4, 0.5) is 0 Å². The summed E-state index contributed by atoms with van der Waals surface area (Å²) in [4.78, 5) is 0. The van der Waals surface area contributed by atoms with Gasteiger partial charge < -0.3 is 0 Å². The molecule has 0 bridgehead atoms. The first kappa shape index (κ1) is 8.87. The van der Waals surface area contributed by atoms with Crippen LogP contribution < -0.4 is 0 Å². The zero-order valence-electron chi connectivity index (χ0n) is 7.81. The molecule has 0 heteroatoms. The fourth-order valence-electron chi connectivity index (χ4n) is 1.06. The fraction of sp³-hybridized carbons (Fsp3) is 0.333. The Kier molecular flexibility index (Phi) is 2.24. The van der Waals surface area contributed by atoms with Crippen LogP contribution in [0.25, 0.3) is 0 Å². The molecule has 0 heterocycles. The van der Waals surface area contributed by atoms with Crippen molar-refractivity contribution in [1.29, 1.82) is 0 Å². The Balaban J connectivity index is 3.13. The van der Waals surface area contributed by atoms with Crippen LogP contribution >= 0.6 is 0 Å². The summed E-state index contributed by atoms with van der Waals surface area (Å²) in [5.41, 5.74) is 2.26. The highest BCUT2D eigenvalue weighted by Crippen LogP contribution is 2.22. The molecule has 0 fully saturated rings. The zero-order valence-corrected chi connectivity index (χ0v) is 7.81. The number of hydrogen-bond acceptors (Lipinski definition) is 0. The highest BCUT2D eigenvalue weighted by Gasteiger charge is 2.12. The third-order valence-electron chi connectivity index (χ3n) is 1.87. The number of hydrogen-bond donors (Lipinski definition) is 0. The Labute approximate surface area is 74.6 Å². The Morgan fingerprint density at radius 3 is 2.42 bits per heavy atom. The van der Waals surface area contributed by atoms with Crippen molar-refractivity contribution in [2.45, 2.75) is 26.2 Å². The van der Waals surface area contributed by atoms with Crippen LogP contribution in [0, 0.1) is 12.3 Å². The van der Waals surface area contributed by atoms with E-state index >= 15 is 0 Å². The molecular formula is C12H13. The normalized spacial score (nSPS) is 10.8. The van der Waals surface area contributed by atoms with Gasteiger partial charge in [-0.2, -0.15) is 0 Å². The maximum absolute atomic E-state index is 6.99. The lowest BCUT2D eigenvalue weighted by molar-refractivity contribution is 0.590. The summed E-state index contributed by atoms with van der Waals surface area (Å²) in [6.07, 6.45) is 6.99. The van der Waals surface area contributed by atoms with Crippen molar-refractivity contribution in [3.63, 3.8) is 0 Å². The van der Waals surface area contributed by atoms with Crippen molar-refractivity contribution < 1.29 is 0 Å². The average Bonchev–Trinajstić information content (AvgIpc) is 2.03. The van der Waals surface area contributed by atoms with E-state index in [1.165, 1.54) is 5.56 Å². The number of rotatable bonds is 0. The van der Waals surface area contributed by atoms with Crippen LogP contribution in [0.3, 0.4) is 0 Å². The first-order chi connectivity index (χ1) is 5.54. The molecule has 12 heavy (non-hydrogen) atoms. The lowest BCUT2D eigenvalue weighted by Crippen LogP contribution is -2.10. The molecule has 61 valence electrons. The van der Waals surface area contributed by atoms with Crippen LogP contribution in [0.1, 0.15) is 31.9 Å². The van der Waals surface area contributed by atoms with E-state index in [4.69, 9.17) is 6.42 Å². The summed E-state index contributed by atoms with van der Waals surface area (Å²) in [5.74, 6) is 2.39. The van der Waals surface area contributed by atoms with Gasteiger partial charge in [0.05, 0.1) is 0 Å². The van der Waals surface area contributed by atoms with Crippen molar-refractivity contribution in [2.75, 3.05) is 0 Å². The third-order valence-corrected chi connectivity index (χ3v) is 1.87. The van der Waals surface area contributed by atoms with Crippen molar-refractivity contribution in [2.24, 2.45) is 0 Å². The molecule has 0 aromatic heterocycles. The zero-order chi connectivity index (χ0) is 9.19. The number of benzene rings is 1. The molecule has 0 atom stereocenters. The minimum atomic E-state index is 0.160. The molecule has 0 nitrogen and oxygen atoms in total. The molecule has 0 aliphatic carbocycles. The first-order valence-corrected chi connectivity index (χ1v) is 4.07. The van der Waals surface area contributed by atoms with Crippen LogP contribution in [-0.2, 0) is 5.41 Å². The van der Waals surface area contributed by atoms with Crippen LogP contribution in [0.2, 0.25) is 0 Å². The van der Waals surface area contributed by atoms with Gasteiger partial charge in [0.15, 0.2) is 0 Å². The topological polar surface area (TPSA) is 0 Å². The average molecular weight is 157 g/mol. The monoisotopic (exact) mass is 157 g/mol. The Morgan fingerprint density at radius 2 is 1.92 bits per heavy atom. The van der Waals surface area contributed by atoms with Crippen LogP contribution in [0.15, 0.2) is 24.3 Å².